The second-order valence-electron chi connectivity index (χ2n) is 11.0. The number of ketones is 1. The number of rotatable bonds is 9. The molecular formula is C31H37FN6O4. The van der Waals surface area contributed by atoms with Crippen molar-refractivity contribution in [1.29, 1.82) is 5.26 Å². The first-order valence-corrected chi connectivity index (χ1v) is 14.6. The molecule has 0 bridgehead atoms. The number of piperazine rings is 1. The van der Waals surface area contributed by atoms with E-state index in [0.29, 0.717) is 62.4 Å². The second-order valence-corrected chi connectivity index (χ2v) is 11.0. The van der Waals surface area contributed by atoms with Crippen LogP contribution in [0, 0.1) is 17.1 Å². The van der Waals surface area contributed by atoms with Crippen LogP contribution < -0.4 is 14.4 Å². The summed E-state index contributed by atoms with van der Waals surface area (Å²) < 4.78 is 26.8. The van der Waals surface area contributed by atoms with Crippen LogP contribution in [-0.2, 0) is 17.6 Å². The van der Waals surface area contributed by atoms with Crippen LogP contribution >= 0.6 is 0 Å². The van der Waals surface area contributed by atoms with Gasteiger partial charge in [0, 0.05) is 31.2 Å². The van der Waals surface area contributed by atoms with Gasteiger partial charge >= 0.3 is 6.01 Å². The number of ether oxygens (including phenoxy) is 2. The third-order valence-corrected chi connectivity index (χ3v) is 8.48. The molecule has 3 atom stereocenters. The summed E-state index contributed by atoms with van der Waals surface area (Å²) in [6.45, 7) is 8.09. The lowest BCUT2D eigenvalue weighted by molar-refractivity contribution is -0.128. The fourth-order valence-corrected chi connectivity index (χ4v) is 6.09. The highest BCUT2D eigenvalue weighted by atomic mass is 19.1. The lowest BCUT2D eigenvalue weighted by Crippen LogP contribution is -2.55. The van der Waals surface area contributed by atoms with Crippen LogP contribution in [0.2, 0.25) is 0 Å². The van der Waals surface area contributed by atoms with Gasteiger partial charge in [-0.25, -0.2) is 4.39 Å². The number of carbonyl (C=O) groups excluding carboxylic acids is 2. The minimum atomic E-state index is -0.898. The smallest absolute Gasteiger partial charge is 0.319 e. The number of fused-ring (bicyclic) bond motifs is 1. The highest BCUT2D eigenvalue weighted by Crippen LogP contribution is 2.34. The standard InChI is InChI=1S/C31H37FN6O4/c1-4-20-8-6-10-24(32)29(20)42-25-12-11-23-27(28(25)40)34-31(41-19-22-9-7-15-36(22)3)35-30(23)37-16-17-38(26(39)5-2)21(18-37)13-14-33/h5-6,8,10,21-22,25H,2,4,7,9,11-13,15-19H2,1,3H3/t21?,22?,25-/m1/s1. The largest absolute Gasteiger partial charge is 0.479 e. The van der Waals surface area contributed by atoms with Crippen molar-refractivity contribution < 1.29 is 23.5 Å². The van der Waals surface area contributed by atoms with Gasteiger partial charge in [-0.05, 0) is 63.4 Å². The number of aryl methyl sites for hydroxylation is 1. The molecule has 222 valence electrons. The molecule has 0 saturated carbocycles. The molecule has 11 heteroatoms. The van der Waals surface area contributed by atoms with E-state index in [9.17, 15) is 19.2 Å². The molecule has 2 fully saturated rings. The molecule has 3 heterocycles. The van der Waals surface area contributed by atoms with Gasteiger partial charge in [0.05, 0.1) is 18.5 Å². The van der Waals surface area contributed by atoms with E-state index in [-0.39, 0.29) is 47.6 Å². The summed E-state index contributed by atoms with van der Waals surface area (Å²) >= 11 is 0. The summed E-state index contributed by atoms with van der Waals surface area (Å²) in [5.74, 6) is -0.410. The van der Waals surface area contributed by atoms with E-state index < -0.39 is 11.9 Å². The molecule has 1 aliphatic carbocycles. The molecule has 42 heavy (non-hydrogen) atoms. The third kappa shape index (κ3) is 5.95. The van der Waals surface area contributed by atoms with Crippen LogP contribution in [0.3, 0.4) is 0 Å². The molecule has 2 unspecified atom stereocenters. The van der Waals surface area contributed by atoms with Crippen molar-refractivity contribution in [2.75, 3.05) is 44.7 Å². The number of hydrogen-bond donors (Lipinski definition) is 0. The van der Waals surface area contributed by atoms with E-state index in [1.54, 1.807) is 17.0 Å². The SMILES string of the molecule is C=CC(=O)N1CCN(c2nc(OCC3CCCN3C)nc3c2CC[C@@H](Oc2c(F)cccc2CC)C3=O)CC1CC#N. The summed E-state index contributed by atoms with van der Waals surface area (Å²) in [5.41, 5.74) is 1.58. The average Bonchev–Trinajstić information content (AvgIpc) is 3.42. The van der Waals surface area contributed by atoms with Gasteiger partial charge in [-0.1, -0.05) is 25.6 Å². The number of nitriles is 1. The Morgan fingerprint density at radius 1 is 1.24 bits per heavy atom. The number of carbonyl (C=O) groups is 2. The van der Waals surface area contributed by atoms with Gasteiger partial charge in [0.25, 0.3) is 0 Å². The number of para-hydroxylation sites is 1. The highest BCUT2D eigenvalue weighted by Gasteiger charge is 2.38. The molecule has 3 aliphatic rings. The number of likely N-dealkylation sites (tertiary alicyclic amines) is 1. The van der Waals surface area contributed by atoms with Crippen LogP contribution in [0.15, 0.2) is 30.9 Å². The first-order valence-electron chi connectivity index (χ1n) is 14.6. The minimum absolute atomic E-state index is 0.0965. The van der Waals surface area contributed by atoms with Crippen molar-refractivity contribution in [3.8, 4) is 17.8 Å². The summed E-state index contributed by atoms with van der Waals surface area (Å²) in [5, 5.41) is 9.45. The number of Topliss-reactive ketones (excluding diaryl/α,β-unsaturated/α-hetero) is 1. The van der Waals surface area contributed by atoms with Gasteiger partial charge in [-0.2, -0.15) is 15.2 Å². The van der Waals surface area contributed by atoms with E-state index in [2.05, 4.69) is 29.6 Å². The van der Waals surface area contributed by atoms with Gasteiger partial charge in [0.1, 0.15) is 18.1 Å². The Labute approximate surface area is 245 Å². The van der Waals surface area contributed by atoms with E-state index >= 15 is 0 Å². The van der Waals surface area contributed by atoms with Crippen molar-refractivity contribution in [2.45, 2.75) is 63.6 Å². The van der Waals surface area contributed by atoms with Crippen LogP contribution in [-0.4, -0.2) is 89.5 Å². The molecular weight excluding hydrogens is 539 g/mol. The molecule has 10 nitrogen and oxygen atoms in total. The minimum Gasteiger partial charge on any atom is -0.479 e. The van der Waals surface area contributed by atoms with Crippen LogP contribution in [0.5, 0.6) is 11.8 Å². The predicted octanol–water partition coefficient (Wildman–Crippen LogP) is 3.34. The van der Waals surface area contributed by atoms with Gasteiger partial charge < -0.3 is 24.2 Å². The van der Waals surface area contributed by atoms with E-state index in [1.807, 2.05) is 11.8 Å². The van der Waals surface area contributed by atoms with E-state index in [4.69, 9.17) is 14.5 Å². The van der Waals surface area contributed by atoms with Crippen molar-refractivity contribution in [2.24, 2.45) is 0 Å². The fraction of sp³-hybridized carbons (Fsp3) is 0.516. The molecule has 2 saturated heterocycles. The lowest BCUT2D eigenvalue weighted by atomic mass is 9.92. The van der Waals surface area contributed by atoms with Crippen molar-refractivity contribution >= 4 is 17.5 Å². The molecule has 0 spiro atoms. The monoisotopic (exact) mass is 576 g/mol. The van der Waals surface area contributed by atoms with Crippen molar-refractivity contribution in [3.05, 3.63) is 53.5 Å². The number of benzene rings is 1. The Morgan fingerprint density at radius 3 is 2.79 bits per heavy atom. The molecule has 1 aromatic heterocycles. The summed E-state index contributed by atoms with van der Waals surface area (Å²) in [6, 6.07) is 6.89. The molecule has 0 radical (unpaired) electrons. The molecule has 1 aromatic carbocycles. The molecule has 2 aromatic rings. The quantitative estimate of drug-likeness (QED) is 0.415. The van der Waals surface area contributed by atoms with Crippen LogP contribution in [0.1, 0.15) is 54.2 Å². The van der Waals surface area contributed by atoms with E-state index in [0.717, 1.165) is 19.4 Å². The Kier molecular flexibility index (Phi) is 9.02. The van der Waals surface area contributed by atoms with Crippen molar-refractivity contribution in [1.82, 2.24) is 19.8 Å². The number of likely N-dealkylation sites (N-methyl/N-ethyl adjacent to an activating group) is 1. The zero-order valence-electron chi connectivity index (χ0n) is 24.2. The van der Waals surface area contributed by atoms with Gasteiger partial charge in [-0.15, -0.1) is 0 Å². The second kappa shape index (κ2) is 12.9. The van der Waals surface area contributed by atoms with Gasteiger partial charge in [-0.3, -0.25) is 9.59 Å². The fourth-order valence-electron chi connectivity index (χ4n) is 6.09. The topological polar surface area (TPSA) is 112 Å². The molecule has 5 rings (SSSR count). The maximum absolute atomic E-state index is 14.7. The Bertz CT molecular complexity index is 1390. The number of nitrogens with zero attached hydrogens (tertiary/aromatic N) is 6. The number of hydrogen-bond acceptors (Lipinski definition) is 9. The first-order chi connectivity index (χ1) is 20.3. The Hall–Kier alpha value is -4.04. The van der Waals surface area contributed by atoms with Gasteiger partial charge in [0.2, 0.25) is 11.7 Å². The lowest BCUT2D eigenvalue weighted by Gasteiger charge is -2.41. The number of amides is 1. The van der Waals surface area contributed by atoms with Crippen LogP contribution in [0.4, 0.5) is 10.2 Å². The van der Waals surface area contributed by atoms with Crippen molar-refractivity contribution in [3.63, 3.8) is 0 Å². The van der Waals surface area contributed by atoms with E-state index in [1.165, 1.54) is 12.1 Å². The zero-order valence-corrected chi connectivity index (χ0v) is 24.2. The maximum Gasteiger partial charge on any atom is 0.319 e. The number of anilines is 1. The maximum atomic E-state index is 14.7. The average molecular weight is 577 g/mol. The molecule has 2 aliphatic heterocycles. The van der Waals surface area contributed by atoms with Crippen LogP contribution in [0.25, 0.3) is 0 Å². The molecule has 1 amide bonds. The Morgan fingerprint density at radius 2 is 2.07 bits per heavy atom. The first kappa shape index (κ1) is 29.5. The summed E-state index contributed by atoms with van der Waals surface area (Å²) in [6.07, 6.45) is 3.94. The normalized spacial score (nSPS) is 22.4. The predicted molar refractivity (Wildman–Crippen MR) is 154 cm³/mol. The third-order valence-electron chi connectivity index (χ3n) is 8.48. The summed E-state index contributed by atoms with van der Waals surface area (Å²) in [7, 11) is 2.05. The van der Waals surface area contributed by atoms with Gasteiger partial charge in [0.15, 0.2) is 17.7 Å². The molecule has 0 N–H and O–H groups in total. The summed E-state index contributed by atoms with van der Waals surface area (Å²) in [4.78, 5) is 41.6. The zero-order chi connectivity index (χ0) is 29.8. The highest BCUT2D eigenvalue weighted by molar-refractivity contribution is 6.01. The Balaban J connectivity index is 1.47. The number of halogens is 1. The number of aromatic nitrogens is 2.